The second-order valence-corrected chi connectivity index (χ2v) is 6.28. The third kappa shape index (κ3) is 2.07. The largest absolute Gasteiger partial charge is 0.306 e. The van der Waals surface area contributed by atoms with Crippen molar-refractivity contribution in [1.82, 2.24) is 4.90 Å². The molecule has 1 aliphatic carbocycles. The van der Waals surface area contributed by atoms with Crippen molar-refractivity contribution in [3.63, 3.8) is 0 Å². The van der Waals surface area contributed by atoms with Crippen molar-refractivity contribution in [3.8, 4) is 0 Å². The van der Waals surface area contributed by atoms with Crippen molar-refractivity contribution in [2.45, 2.75) is 25.7 Å². The first kappa shape index (κ1) is 12.2. The van der Waals surface area contributed by atoms with Gasteiger partial charge in [-0.2, -0.15) is 0 Å². The van der Waals surface area contributed by atoms with Crippen LogP contribution in [0.3, 0.4) is 0 Å². The fourth-order valence-corrected chi connectivity index (χ4v) is 4.17. The monoisotopic (exact) mass is 247 g/mol. The van der Waals surface area contributed by atoms with E-state index in [4.69, 9.17) is 0 Å². The minimum Gasteiger partial charge on any atom is -0.306 e. The molecular formula is C16H22FN. The summed E-state index contributed by atoms with van der Waals surface area (Å²) in [4.78, 5) is 2.46. The van der Waals surface area contributed by atoms with Crippen LogP contribution in [0.25, 0.3) is 0 Å². The first-order valence-electron chi connectivity index (χ1n) is 7.09. The zero-order valence-electron chi connectivity index (χ0n) is 11.3. The van der Waals surface area contributed by atoms with Gasteiger partial charge in [-0.25, -0.2) is 4.39 Å². The Morgan fingerprint density at radius 3 is 2.56 bits per heavy atom. The second kappa shape index (κ2) is 4.65. The molecule has 1 heterocycles. The van der Waals surface area contributed by atoms with Gasteiger partial charge in [-0.05, 0) is 61.3 Å². The molecule has 0 spiro atoms. The minimum absolute atomic E-state index is 0.123. The van der Waals surface area contributed by atoms with E-state index in [1.54, 1.807) is 12.1 Å². The van der Waals surface area contributed by atoms with Crippen LogP contribution in [0.4, 0.5) is 4.39 Å². The van der Waals surface area contributed by atoms with Crippen LogP contribution in [-0.4, -0.2) is 25.0 Å². The number of benzene rings is 1. The molecule has 0 unspecified atom stereocenters. The molecule has 0 N–H and O–H groups in total. The molecule has 0 radical (unpaired) electrons. The molecule has 1 saturated heterocycles. The van der Waals surface area contributed by atoms with E-state index in [0.29, 0.717) is 5.92 Å². The zero-order chi connectivity index (χ0) is 12.7. The van der Waals surface area contributed by atoms with Crippen molar-refractivity contribution >= 4 is 0 Å². The molecule has 1 nitrogen and oxygen atoms in total. The van der Waals surface area contributed by atoms with Crippen molar-refractivity contribution in [1.29, 1.82) is 0 Å². The van der Waals surface area contributed by atoms with Crippen LogP contribution < -0.4 is 0 Å². The lowest BCUT2D eigenvalue weighted by atomic mass is 9.66. The van der Waals surface area contributed by atoms with Crippen LogP contribution in [0.5, 0.6) is 0 Å². The van der Waals surface area contributed by atoms with E-state index in [0.717, 1.165) is 17.8 Å². The third-order valence-corrected chi connectivity index (χ3v) is 5.00. The van der Waals surface area contributed by atoms with Gasteiger partial charge < -0.3 is 4.90 Å². The van der Waals surface area contributed by atoms with E-state index in [-0.39, 0.29) is 5.82 Å². The zero-order valence-corrected chi connectivity index (χ0v) is 11.3. The summed E-state index contributed by atoms with van der Waals surface area (Å²) in [6.07, 6.45) is 2.69. The first-order chi connectivity index (χ1) is 8.65. The van der Waals surface area contributed by atoms with Gasteiger partial charge in [0.2, 0.25) is 0 Å². The number of halogens is 1. The second-order valence-electron chi connectivity index (χ2n) is 6.28. The van der Waals surface area contributed by atoms with Crippen LogP contribution >= 0.6 is 0 Å². The Hall–Kier alpha value is -0.890. The molecule has 0 aromatic heterocycles. The average molecular weight is 247 g/mol. The molecule has 3 rings (SSSR count). The van der Waals surface area contributed by atoms with E-state index in [1.807, 2.05) is 12.1 Å². The highest BCUT2D eigenvalue weighted by Gasteiger charge is 2.42. The predicted octanol–water partition coefficient (Wildman–Crippen LogP) is 3.52. The maximum atomic E-state index is 13.1. The van der Waals surface area contributed by atoms with E-state index in [9.17, 15) is 4.39 Å². The quantitative estimate of drug-likeness (QED) is 0.734. The lowest BCUT2D eigenvalue weighted by molar-refractivity contribution is 0.194. The van der Waals surface area contributed by atoms with Crippen molar-refractivity contribution < 1.29 is 4.39 Å². The topological polar surface area (TPSA) is 3.24 Å². The minimum atomic E-state index is -0.123. The van der Waals surface area contributed by atoms with Crippen molar-refractivity contribution in [3.05, 3.63) is 35.6 Å². The van der Waals surface area contributed by atoms with Gasteiger partial charge in [0, 0.05) is 13.1 Å². The number of hydrogen-bond acceptors (Lipinski definition) is 1. The Labute approximate surface area is 109 Å². The molecule has 0 bridgehead atoms. The summed E-state index contributed by atoms with van der Waals surface area (Å²) in [5.41, 5.74) is 1.34. The number of rotatable bonds is 1. The lowest BCUT2D eigenvalue weighted by Crippen LogP contribution is -2.31. The lowest BCUT2D eigenvalue weighted by Gasteiger charge is -2.38. The molecule has 4 atom stereocenters. The third-order valence-electron chi connectivity index (χ3n) is 5.00. The fourth-order valence-electron chi connectivity index (χ4n) is 4.17. The molecular weight excluding hydrogens is 225 g/mol. The molecule has 18 heavy (non-hydrogen) atoms. The predicted molar refractivity (Wildman–Crippen MR) is 72.0 cm³/mol. The van der Waals surface area contributed by atoms with Gasteiger partial charge in [-0.3, -0.25) is 0 Å². The molecule has 1 aromatic rings. The van der Waals surface area contributed by atoms with Crippen LogP contribution in [0.2, 0.25) is 0 Å². The van der Waals surface area contributed by atoms with E-state index in [1.165, 1.54) is 31.5 Å². The standard InChI is InChI=1S/C16H22FN/c1-11-3-4-13-9-18(2)10-15(13)16(11)12-5-7-14(17)8-6-12/h5-8,11,13,15-16H,3-4,9-10H2,1-2H3/t11-,13-,15-,16+/m1/s1. The molecule has 1 aliphatic heterocycles. The number of hydrogen-bond donors (Lipinski definition) is 0. The Balaban J connectivity index is 1.90. The number of likely N-dealkylation sites (tertiary alicyclic amines) is 1. The summed E-state index contributed by atoms with van der Waals surface area (Å²) in [7, 11) is 2.23. The Kier molecular flexibility index (Phi) is 3.14. The van der Waals surface area contributed by atoms with Gasteiger partial charge in [0.1, 0.15) is 5.82 Å². The van der Waals surface area contributed by atoms with Crippen molar-refractivity contribution in [2.75, 3.05) is 20.1 Å². The van der Waals surface area contributed by atoms with Crippen LogP contribution in [0.15, 0.2) is 24.3 Å². The first-order valence-corrected chi connectivity index (χ1v) is 7.09. The fraction of sp³-hybridized carbons (Fsp3) is 0.625. The smallest absolute Gasteiger partial charge is 0.123 e. The van der Waals surface area contributed by atoms with Gasteiger partial charge in [0.25, 0.3) is 0 Å². The summed E-state index contributed by atoms with van der Waals surface area (Å²) in [5, 5.41) is 0. The van der Waals surface area contributed by atoms with Gasteiger partial charge in [-0.1, -0.05) is 19.1 Å². The summed E-state index contributed by atoms with van der Waals surface area (Å²) < 4.78 is 13.1. The Morgan fingerprint density at radius 1 is 1.11 bits per heavy atom. The number of nitrogens with zero attached hydrogens (tertiary/aromatic N) is 1. The summed E-state index contributed by atoms with van der Waals surface area (Å²) in [6, 6.07) is 7.23. The van der Waals surface area contributed by atoms with Gasteiger partial charge >= 0.3 is 0 Å². The maximum absolute atomic E-state index is 13.1. The Morgan fingerprint density at radius 2 is 1.83 bits per heavy atom. The molecule has 98 valence electrons. The highest BCUT2D eigenvalue weighted by Crippen LogP contribution is 2.47. The molecule has 2 aliphatic rings. The summed E-state index contributed by atoms with van der Waals surface area (Å²) >= 11 is 0. The average Bonchev–Trinajstić information content (AvgIpc) is 2.71. The highest BCUT2D eigenvalue weighted by molar-refractivity contribution is 5.23. The van der Waals surface area contributed by atoms with E-state index in [2.05, 4.69) is 18.9 Å². The van der Waals surface area contributed by atoms with Gasteiger partial charge in [0.15, 0.2) is 0 Å². The van der Waals surface area contributed by atoms with Crippen LogP contribution in [-0.2, 0) is 0 Å². The maximum Gasteiger partial charge on any atom is 0.123 e. The summed E-state index contributed by atoms with van der Waals surface area (Å²) in [5.74, 6) is 2.84. The van der Waals surface area contributed by atoms with Gasteiger partial charge in [0.05, 0.1) is 0 Å². The van der Waals surface area contributed by atoms with Crippen molar-refractivity contribution in [2.24, 2.45) is 17.8 Å². The molecule has 1 saturated carbocycles. The Bertz CT molecular complexity index is 414. The molecule has 1 aromatic carbocycles. The number of fused-ring (bicyclic) bond motifs is 1. The normalized spacial score (nSPS) is 36.6. The molecule has 2 heteroatoms. The summed E-state index contributed by atoms with van der Waals surface area (Å²) in [6.45, 7) is 4.81. The van der Waals surface area contributed by atoms with Crippen LogP contribution in [0, 0.1) is 23.6 Å². The van der Waals surface area contributed by atoms with Crippen LogP contribution in [0.1, 0.15) is 31.2 Å². The van der Waals surface area contributed by atoms with E-state index < -0.39 is 0 Å². The van der Waals surface area contributed by atoms with Gasteiger partial charge in [-0.15, -0.1) is 0 Å². The highest BCUT2D eigenvalue weighted by atomic mass is 19.1. The molecule has 2 fully saturated rings. The molecule has 0 amide bonds. The SMILES string of the molecule is C[C@@H]1CC[C@@H]2CN(C)C[C@H]2[C@@H]1c1ccc(F)cc1. The van der Waals surface area contributed by atoms with E-state index >= 15 is 0 Å².